The number of ether oxygens (including phenoxy) is 1. The molecule has 0 aliphatic rings. The fourth-order valence-electron chi connectivity index (χ4n) is 2.02. The zero-order valence-corrected chi connectivity index (χ0v) is 12.9. The highest BCUT2D eigenvalue weighted by Gasteiger charge is 2.14. The second-order valence-corrected chi connectivity index (χ2v) is 4.86. The smallest absolute Gasteiger partial charge is 0.315 e. The van der Waals surface area contributed by atoms with Gasteiger partial charge in [0.1, 0.15) is 5.75 Å². The molecule has 21 heavy (non-hydrogen) atoms. The second kappa shape index (κ2) is 7.08. The maximum Gasteiger partial charge on any atom is 0.315 e. The van der Waals surface area contributed by atoms with E-state index in [1.807, 2.05) is 45.0 Å². The van der Waals surface area contributed by atoms with Gasteiger partial charge in [-0.1, -0.05) is 24.2 Å². The summed E-state index contributed by atoms with van der Waals surface area (Å²) < 4.78 is 10.8. The quantitative estimate of drug-likeness (QED) is 0.817. The van der Waals surface area contributed by atoms with Crippen molar-refractivity contribution in [2.24, 2.45) is 0 Å². The molecular weight excluding hydrogens is 268 g/mol. The molecule has 1 aromatic heterocycles. The lowest BCUT2D eigenvalue weighted by Crippen LogP contribution is -2.17. The first-order chi connectivity index (χ1) is 10.1. The number of aromatic nitrogens is 2. The Morgan fingerprint density at radius 2 is 1.86 bits per heavy atom. The molecule has 0 radical (unpaired) electrons. The van der Waals surface area contributed by atoms with Crippen LogP contribution in [0.5, 0.6) is 5.75 Å². The molecule has 6 nitrogen and oxygen atoms in total. The lowest BCUT2D eigenvalue weighted by Gasteiger charge is -2.12. The molecule has 2 unspecified atom stereocenters. The minimum atomic E-state index is 0.0503. The van der Waals surface area contributed by atoms with E-state index < -0.39 is 0 Å². The molecule has 0 saturated heterocycles. The van der Waals surface area contributed by atoms with Crippen LogP contribution in [0.15, 0.2) is 28.7 Å². The fraction of sp³-hybridized carbons (Fsp3) is 0.467. The molecule has 114 valence electrons. The molecule has 0 fully saturated rings. The van der Waals surface area contributed by atoms with Gasteiger partial charge in [0.2, 0.25) is 5.89 Å². The summed E-state index contributed by atoms with van der Waals surface area (Å²) in [5.74, 6) is 1.42. The zero-order chi connectivity index (χ0) is 15.2. The predicted molar refractivity (Wildman–Crippen MR) is 81.4 cm³/mol. The lowest BCUT2D eigenvalue weighted by atomic mass is 10.1. The number of hydrogen-bond donors (Lipinski definition) is 2. The highest BCUT2D eigenvalue weighted by atomic mass is 16.5. The van der Waals surface area contributed by atoms with E-state index in [2.05, 4.69) is 20.8 Å². The summed E-state index contributed by atoms with van der Waals surface area (Å²) in [7, 11) is 1.65. The van der Waals surface area contributed by atoms with E-state index in [0.29, 0.717) is 11.9 Å². The molecule has 0 aliphatic heterocycles. The van der Waals surface area contributed by atoms with Gasteiger partial charge in [-0.25, -0.2) is 0 Å². The summed E-state index contributed by atoms with van der Waals surface area (Å²) >= 11 is 0. The van der Waals surface area contributed by atoms with Crippen LogP contribution in [0.4, 0.5) is 6.01 Å². The van der Waals surface area contributed by atoms with E-state index in [0.717, 1.165) is 17.9 Å². The summed E-state index contributed by atoms with van der Waals surface area (Å²) in [6.45, 7) is 6.93. The average molecular weight is 290 g/mol. The van der Waals surface area contributed by atoms with Crippen LogP contribution in [-0.2, 0) is 0 Å². The molecule has 0 spiro atoms. The number of methoxy groups -OCH3 is 1. The molecule has 0 bridgehead atoms. The Labute approximate surface area is 124 Å². The molecule has 2 N–H and O–H groups in total. The van der Waals surface area contributed by atoms with Crippen molar-refractivity contribution in [3.05, 3.63) is 35.7 Å². The van der Waals surface area contributed by atoms with Gasteiger partial charge in [0.25, 0.3) is 0 Å². The third-order valence-corrected chi connectivity index (χ3v) is 3.28. The average Bonchev–Trinajstić information content (AvgIpc) is 2.96. The lowest BCUT2D eigenvalue weighted by molar-refractivity contribution is 0.414. The summed E-state index contributed by atoms with van der Waals surface area (Å²) in [5, 5.41) is 14.5. The van der Waals surface area contributed by atoms with E-state index in [1.165, 1.54) is 0 Å². The highest BCUT2D eigenvalue weighted by Crippen LogP contribution is 2.22. The van der Waals surface area contributed by atoms with Crippen LogP contribution in [0.3, 0.4) is 0 Å². The highest BCUT2D eigenvalue weighted by molar-refractivity contribution is 5.33. The van der Waals surface area contributed by atoms with Crippen LogP contribution in [0, 0.1) is 0 Å². The Balaban J connectivity index is 2.00. The number of anilines is 1. The molecule has 1 aromatic carbocycles. The van der Waals surface area contributed by atoms with Crippen molar-refractivity contribution in [3.8, 4) is 5.75 Å². The Hall–Kier alpha value is -2.08. The van der Waals surface area contributed by atoms with Gasteiger partial charge in [-0.3, -0.25) is 0 Å². The van der Waals surface area contributed by atoms with Gasteiger partial charge in [0, 0.05) is 0 Å². The van der Waals surface area contributed by atoms with Crippen LogP contribution in [-0.4, -0.2) is 23.9 Å². The van der Waals surface area contributed by atoms with Crippen LogP contribution in [0.1, 0.15) is 44.3 Å². The van der Waals surface area contributed by atoms with Crippen molar-refractivity contribution in [1.82, 2.24) is 15.5 Å². The summed E-state index contributed by atoms with van der Waals surface area (Å²) in [6.07, 6.45) is 0. The van der Waals surface area contributed by atoms with Crippen LogP contribution in [0.25, 0.3) is 0 Å². The maximum absolute atomic E-state index is 5.61. The monoisotopic (exact) mass is 290 g/mol. The Morgan fingerprint density at radius 3 is 2.48 bits per heavy atom. The fourth-order valence-corrected chi connectivity index (χ4v) is 2.02. The minimum Gasteiger partial charge on any atom is -0.497 e. The van der Waals surface area contributed by atoms with Gasteiger partial charge in [0.15, 0.2) is 0 Å². The van der Waals surface area contributed by atoms with Crippen molar-refractivity contribution >= 4 is 6.01 Å². The van der Waals surface area contributed by atoms with E-state index in [9.17, 15) is 0 Å². The zero-order valence-electron chi connectivity index (χ0n) is 12.9. The standard InChI is InChI=1S/C15H22N4O2/c1-5-16-11(3)14-18-19-15(21-14)17-10(2)12-6-8-13(20-4)9-7-12/h6-11,16H,5H2,1-4H3,(H,17,19). The topological polar surface area (TPSA) is 72.2 Å². The van der Waals surface area contributed by atoms with Crippen LogP contribution >= 0.6 is 0 Å². The van der Waals surface area contributed by atoms with E-state index in [-0.39, 0.29) is 12.1 Å². The maximum atomic E-state index is 5.61. The molecular formula is C15H22N4O2. The number of rotatable bonds is 7. The van der Waals surface area contributed by atoms with Gasteiger partial charge in [-0.15, -0.1) is 5.10 Å². The first kappa shape index (κ1) is 15.3. The number of nitrogens with one attached hydrogen (secondary N) is 2. The van der Waals surface area contributed by atoms with Crippen molar-refractivity contribution < 1.29 is 9.15 Å². The van der Waals surface area contributed by atoms with Crippen molar-refractivity contribution in [3.63, 3.8) is 0 Å². The first-order valence-corrected chi connectivity index (χ1v) is 7.11. The second-order valence-electron chi connectivity index (χ2n) is 4.86. The first-order valence-electron chi connectivity index (χ1n) is 7.11. The normalized spacial score (nSPS) is 13.7. The van der Waals surface area contributed by atoms with Crippen molar-refractivity contribution in [2.75, 3.05) is 19.0 Å². The van der Waals surface area contributed by atoms with Crippen molar-refractivity contribution in [1.29, 1.82) is 0 Å². The largest absolute Gasteiger partial charge is 0.497 e. The SMILES string of the molecule is CCNC(C)c1nnc(NC(C)c2ccc(OC)cc2)o1. The van der Waals surface area contributed by atoms with Crippen LogP contribution in [0.2, 0.25) is 0 Å². The van der Waals surface area contributed by atoms with Gasteiger partial charge in [0.05, 0.1) is 19.2 Å². The summed E-state index contributed by atoms with van der Waals surface area (Å²) in [6, 6.07) is 8.43. The molecule has 2 aromatic rings. The van der Waals surface area contributed by atoms with Gasteiger partial charge < -0.3 is 19.8 Å². The Kier molecular flexibility index (Phi) is 5.16. The number of hydrogen-bond acceptors (Lipinski definition) is 6. The molecule has 0 aliphatic carbocycles. The number of benzene rings is 1. The van der Waals surface area contributed by atoms with Crippen LogP contribution < -0.4 is 15.4 Å². The summed E-state index contributed by atoms with van der Waals surface area (Å²) in [5.41, 5.74) is 1.12. The molecule has 0 amide bonds. The summed E-state index contributed by atoms with van der Waals surface area (Å²) in [4.78, 5) is 0. The molecule has 6 heteroatoms. The number of nitrogens with zero attached hydrogens (tertiary/aromatic N) is 2. The third-order valence-electron chi connectivity index (χ3n) is 3.28. The predicted octanol–water partition coefficient (Wildman–Crippen LogP) is 2.92. The van der Waals surface area contributed by atoms with Gasteiger partial charge in [-0.2, -0.15) is 0 Å². The van der Waals surface area contributed by atoms with Crippen molar-refractivity contribution in [2.45, 2.75) is 32.9 Å². The Morgan fingerprint density at radius 1 is 1.14 bits per heavy atom. The Bertz CT molecular complexity index is 553. The van der Waals surface area contributed by atoms with E-state index in [1.54, 1.807) is 7.11 Å². The molecule has 0 saturated carbocycles. The molecule has 1 heterocycles. The van der Waals surface area contributed by atoms with Gasteiger partial charge >= 0.3 is 6.01 Å². The molecule has 2 rings (SSSR count). The van der Waals surface area contributed by atoms with Gasteiger partial charge in [-0.05, 0) is 38.1 Å². The van der Waals surface area contributed by atoms with E-state index in [4.69, 9.17) is 9.15 Å². The van der Waals surface area contributed by atoms with E-state index >= 15 is 0 Å². The molecule has 2 atom stereocenters. The minimum absolute atomic E-state index is 0.0503. The third kappa shape index (κ3) is 3.95.